The molecule has 0 amide bonds. The highest BCUT2D eigenvalue weighted by Gasteiger charge is 2.05. The Hall–Kier alpha value is -3.08. The van der Waals surface area contributed by atoms with E-state index in [-0.39, 0.29) is 0 Å². The topological polar surface area (TPSA) is 54.2 Å². The minimum Gasteiger partial charge on any atom is -0.352 e. The lowest BCUT2D eigenvalue weighted by Crippen LogP contribution is -2.37. The molecule has 5 nitrogen and oxygen atoms in total. The first-order chi connectivity index (χ1) is 12.3. The molecular formula is C20H23N5. The molecule has 3 rings (SSSR count). The fourth-order valence-corrected chi connectivity index (χ4v) is 2.60. The zero-order valence-electron chi connectivity index (χ0n) is 14.4. The summed E-state index contributed by atoms with van der Waals surface area (Å²) < 4.78 is 2.15. The Morgan fingerprint density at radius 1 is 0.920 bits per heavy atom. The van der Waals surface area contributed by atoms with Crippen LogP contribution in [0.1, 0.15) is 17.0 Å². The summed E-state index contributed by atoms with van der Waals surface area (Å²) in [5.74, 6) is 1.74. The van der Waals surface area contributed by atoms with Crippen molar-refractivity contribution in [1.29, 1.82) is 0 Å². The van der Waals surface area contributed by atoms with Gasteiger partial charge < -0.3 is 15.2 Å². The van der Waals surface area contributed by atoms with Crippen LogP contribution in [0.2, 0.25) is 0 Å². The Labute approximate surface area is 148 Å². The van der Waals surface area contributed by atoms with Crippen LogP contribution in [0.25, 0.3) is 0 Å². The van der Waals surface area contributed by atoms with Crippen LogP contribution < -0.4 is 10.6 Å². The lowest BCUT2D eigenvalue weighted by atomic mass is 10.2. The minimum atomic E-state index is 0.619. The Morgan fingerprint density at radius 3 is 2.24 bits per heavy atom. The molecule has 0 unspecified atom stereocenters. The molecule has 2 aromatic carbocycles. The molecule has 0 atom stereocenters. The van der Waals surface area contributed by atoms with E-state index in [9.17, 15) is 0 Å². The molecule has 0 radical (unpaired) electrons. The lowest BCUT2D eigenvalue weighted by molar-refractivity contribution is 0.688. The molecule has 0 aliphatic heterocycles. The monoisotopic (exact) mass is 333 g/mol. The molecule has 25 heavy (non-hydrogen) atoms. The molecule has 1 heterocycles. The highest BCUT2D eigenvalue weighted by molar-refractivity contribution is 5.79. The maximum atomic E-state index is 4.45. The lowest BCUT2D eigenvalue weighted by Gasteiger charge is -2.13. The minimum absolute atomic E-state index is 0.619. The van der Waals surface area contributed by atoms with E-state index in [4.69, 9.17) is 0 Å². The molecule has 0 spiro atoms. The van der Waals surface area contributed by atoms with Crippen molar-refractivity contribution in [2.75, 3.05) is 7.05 Å². The summed E-state index contributed by atoms with van der Waals surface area (Å²) in [5, 5.41) is 6.64. The van der Waals surface area contributed by atoms with Gasteiger partial charge >= 0.3 is 0 Å². The van der Waals surface area contributed by atoms with Gasteiger partial charge in [0, 0.05) is 32.5 Å². The molecule has 0 aliphatic rings. The van der Waals surface area contributed by atoms with Crippen molar-refractivity contribution in [2.45, 2.75) is 19.6 Å². The zero-order chi connectivity index (χ0) is 17.3. The Morgan fingerprint density at radius 2 is 1.56 bits per heavy atom. The van der Waals surface area contributed by atoms with E-state index in [0.717, 1.165) is 24.9 Å². The molecule has 2 N–H and O–H groups in total. The number of aromatic nitrogens is 2. The third-order valence-corrected chi connectivity index (χ3v) is 3.94. The maximum absolute atomic E-state index is 4.45. The summed E-state index contributed by atoms with van der Waals surface area (Å²) in [5.41, 5.74) is 2.48. The predicted octanol–water partition coefficient (Wildman–Crippen LogP) is 2.80. The quantitative estimate of drug-likeness (QED) is 0.539. The fraction of sp³-hybridized carbons (Fsp3) is 0.200. The molecule has 0 fully saturated rings. The van der Waals surface area contributed by atoms with Gasteiger partial charge in [0.05, 0.1) is 6.54 Å². The Kier molecular flexibility index (Phi) is 5.82. The van der Waals surface area contributed by atoms with Crippen LogP contribution in [-0.4, -0.2) is 22.6 Å². The van der Waals surface area contributed by atoms with Gasteiger partial charge in [0.2, 0.25) is 0 Å². The van der Waals surface area contributed by atoms with Gasteiger partial charge in [0.25, 0.3) is 0 Å². The molecule has 5 heteroatoms. The summed E-state index contributed by atoms with van der Waals surface area (Å²) in [4.78, 5) is 8.73. The smallest absolute Gasteiger partial charge is 0.191 e. The van der Waals surface area contributed by atoms with Gasteiger partial charge in [-0.15, -0.1) is 0 Å². The van der Waals surface area contributed by atoms with Gasteiger partial charge in [-0.1, -0.05) is 60.7 Å². The van der Waals surface area contributed by atoms with Gasteiger partial charge in [-0.2, -0.15) is 0 Å². The normalized spacial score (nSPS) is 11.3. The molecule has 1 aromatic heterocycles. The number of hydrogen-bond donors (Lipinski definition) is 2. The Balaban J connectivity index is 1.55. The maximum Gasteiger partial charge on any atom is 0.191 e. The highest BCUT2D eigenvalue weighted by Crippen LogP contribution is 2.05. The molecule has 128 valence electrons. The molecular weight excluding hydrogens is 310 g/mol. The van der Waals surface area contributed by atoms with E-state index in [2.05, 4.69) is 61.6 Å². The average molecular weight is 333 g/mol. The van der Waals surface area contributed by atoms with Crippen molar-refractivity contribution in [1.82, 2.24) is 20.2 Å². The number of imidazole rings is 1. The van der Waals surface area contributed by atoms with Crippen molar-refractivity contribution < 1.29 is 0 Å². The fourth-order valence-electron chi connectivity index (χ4n) is 2.60. The van der Waals surface area contributed by atoms with Gasteiger partial charge in [-0.05, 0) is 11.1 Å². The van der Waals surface area contributed by atoms with Crippen molar-refractivity contribution in [2.24, 2.45) is 4.99 Å². The van der Waals surface area contributed by atoms with E-state index in [1.807, 2.05) is 36.7 Å². The first-order valence-corrected chi connectivity index (χ1v) is 8.37. The van der Waals surface area contributed by atoms with Crippen molar-refractivity contribution in [3.8, 4) is 0 Å². The van der Waals surface area contributed by atoms with Crippen molar-refractivity contribution in [3.63, 3.8) is 0 Å². The van der Waals surface area contributed by atoms with Gasteiger partial charge in [-0.25, -0.2) is 4.98 Å². The molecule has 0 aliphatic carbocycles. The second kappa shape index (κ2) is 8.68. The second-order valence-electron chi connectivity index (χ2n) is 5.72. The van der Waals surface area contributed by atoms with Crippen LogP contribution in [0.5, 0.6) is 0 Å². The number of hydrogen-bond acceptors (Lipinski definition) is 2. The molecule has 0 saturated carbocycles. The number of rotatable bonds is 6. The van der Waals surface area contributed by atoms with Gasteiger partial charge in [-0.3, -0.25) is 4.99 Å². The number of nitrogens with one attached hydrogen (secondary N) is 2. The predicted molar refractivity (Wildman–Crippen MR) is 101 cm³/mol. The summed E-state index contributed by atoms with van der Waals surface area (Å²) in [6, 6.07) is 20.7. The van der Waals surface area contributed by atoms with Crippen LogP contribution in [-0.2, 0) is 19.6 Å². The van der Waals surface area contributed by atoms with E-state index >= 15 is 0 Å². The van der Waals surface area contributed by atoms with Crippen molar-refractivity contribution in [3.05, 3.63) is 90.0 Å². The number of benzene rings is 2. The van der Waals surface area contributed by atoms with Crippen LogP contribution in [0, 0.1) is 0 Å². The second-order valence-corrected chi connectivity index (χ2v) is 5.72. The molecule has 0 saturated heterocycles. The van der Waals surface area contributed by atoms with Crippen LogP contribution in [0.3, 0.4) is 0 Å². The van der Waals surface area contributed by atoms with Crippen LogP contribution >= 0.6 is 0 Å². The number of guanidine groups is 1. The Bertz CT molecular complexity index is 793. The summed E-state index contributed by atoms with van der Waals surface area (Å²) >= 11 is 0. The average Bonchev–Trinajstić information content (AvgIpc) is 3.10. The molecule has 3 aromatic rings. The van der Waals surface area contributed by atoms with Gasteiger partial charge in [0.15, 0.2) is 5.96 Å². The molecule has 0 bridgehead atoms. The number of aliphatic imine (C=N–C) groups is 1. The summed E-state index contributed by atoms with van der Waals surface area (Å²) in [6.45, 7) is 2.17. The summed E-state index contributed by atoms with van der Waals surface area (Å²) in [6.07, 6.45) is 3.84. The largest absolute Gasteiger partial charge is 0.352 e. The number of nitrogens with zero attached hydrogens (tertiary/aromatic N) is 3. The van der Waals surface area contributed by atoms with E-state index < -0.39 is 0 Å². The third kappa shape index (κ3) is 4.94. The third-order valence-electron chi connectivity index (χ3n) is 3.94. The van der Waals surface area contributed by atoms with Gasteiger partial charge in [0.1, 0.15) is 5.82 Å². The van der Waals surface area contributed by atoms with Crippen molar-refractivity contribution >= 4 is 5.96 Å². The zero-order valence-corrected chi connectivity index (χ0v) is 14.4. The van der Waals surface area contributed by atoms with E-state index in [1.54, 1.807) is 7.05 Å². The van der Waals surface area contributed by atoms with E-state index in [1.165, 1.54) is 11.1 Å². The van der Waals surface area contributed by atoms with E-state index in [0.29, 0.717) is 6.54 Å². The first kappa shape index (κ1) is 16.8. The van der Waals surface area contributed by atoms with Crippen LogP contribution in [0.4, 0.5) is 0 Å². The summed E-state index contributed by atoms with van der Waals surface area (Å²) in [7, 11) is 1.77. The SMILES string of the molecule is CN=C(NCc1ccccc1)NCc1nccn1Cc1ccccc1. The first-order valence-electron chi connectivity index (χ1n) is 8.37. The van der Waals surface area contributed by atoms with Crippen LogP contribution in [0.15, 0.2) is 78.0 Å². The standard InChI is InChI=1S/C20H23N5/c1-21-20(23-14-17-8-4-2-5-9-17)24-15-19-22-12-13-25(19)16-18-10-6-3-7-11-18/h2-13H,14-16H2,1H3,(H2,21,23,24). The highest BCUT2D eigenvalue weighted by atomic mass is 15.2.